The summed E-state index contributed by atoms with van der Waals surface area (Å²) in [6, 6.07) is 0. The van der Waals surface area contributed by atoms with Crippen molar-refractivity contribution < 1.29 is 37.6 Å². The molecule has 0 amide bonds. The molecule has 0 saturated carbocycles. The first-order valence-electron chi connectivity index (χ1n) is 23.9. The van der Waals surface area contributed by atoms with Crippen LogP contribution >= 0.6 is 7.82 Å². The van der Waals surface area contributed by atoms with Crippen LogP contribution in [0.1, 0.15) is 181 Å². The molecule has 2 unspecified atom stereocenters. The molecule has 0 fully saturated rings. The Bertz CT molecular complexity index is 1280. The average molecular weight is 874 g/mol. The number of hydrogen-bond acceptors (Lipinski definition) is 8. The predicted octanol–water partition coefficient (Wildman–Crippen LogP) is 14.2. The molecule has 350 valence electrons. The van der Waals surface area contributed by atoms with E-state index in [-0.39, 0.29) is 26.1 Å². The van der Waals surface area contributed by atoms with Crippen molar-refractivity contribution in [1.82, 2.24) is 4.90 Å². The van der Waals surface area contributed by atoms with E-state index in [9.17, 15) is 19.0 Å². The van der Waals surface area contributed by atoms with E-state index in [1.165, 1.54) is 83.5 Å². The van der Waals surface area contributed by atoms with E-state index in [4.69, 9.17) is 18.5 Å². The Kier molecular flexibility index (Phi) is 43.1. The number of esters is 2. The number of phosphoric acid groups is 1. The van der Waals surface area contributed by atoms with E-state index < -0.39 is 32.5 Å². The quantitative estimate of drug-likeness (QED) is 0.0277. The van der Waals surface area contributed by atoms with Crippen molar-refractivity contribution in [1.29, 1.82) is 0 Å². The molecule has 2 atom stereocenters. The number of rotatable bonds is 43. The first-order chi connectivity index (χ1) is 29.7. The molecule has 0 radical (unpaired) electrons. The third-order valence-electron chi connectivity index (χ3n) is 9.69. The molecule has 0 aliphatic heterocycles. The number of carbonyl (C=O) groups excluding carboxylic acids is 2. The van der Waals surface area contributed by atoms with Gasteiger partial charge in [0, 0.05) is 19.4 Å². The van der Waals surface area contributed by atoms with Gasteiger partial charge in [0.05, 0.1) is 13.2 Å². The Labute approximate surface area is 373 Å². The normalized spacial score (nSPS) is 14.1. The lowest BCUT2D eigenvalue weighted by Crippen LogP contribution is -2.29. The van der Waals surface area contributed by atoms with Gasteiger partial charge in [0.1, 0.15) is 6.61 Å². The van der Waals surface area contributed by atoms with Crippen LogP contribution in [0.4, 0.5) is 0 Å². The Hall–Kier alpha value is -2.81. The summed E-state index contributed by atoms with van der Waals surface area (Å²) in [6.07, 6.45) is 56.4. The molecule has 9 nitrogen and oxygen atoms in total. The fourth-order valence-electron chi connectivity index (χ4n) is 5.99. The fraction of sp³-hybridized carbons (Fsp3) is 0.686. The minimum absolute atomic E-state index is 0.0107. The number of ether oxygens (including phenoxy) is 2. The lowest BCUT2D eigenvalue weighted by atomic mass is 10.1. The second kappa shape index (κ2) is 45.2. The Morgan fingerprint density at radius 1 is 0.508 bits per heavy atom. The smallest absolute Gasteiger partial charge is 0.462 e. The zero-order valence-corrected chi connectivity index (χ0v) is 40.0. The summed E-state index contributed by atoms with van der Waals surface area (Å²) in [5.41, 5.74) is 0. The molecule has 10 heteroatoms. The van der Waals surface area contributed by atoms with Crippen LogP contribution < -0.4 is 0 Å². The van der Waals surface area contributed by atoms with Crippen molar-refractivity contribution in [2.75, 3.05) is 40.5 Å². The first-order valence-corrected chi connectivity index (χ1v) is 25.4. The summed E-state index contributed by atoms with van der Waals surface area (Å²) >= 11 is 0. The Balaban J connectivity index is 4.37. The second-order valence-corrected chi connectivity index (χ2v) is 17.4. The third-order valence-corrected chi connectivity index (χ3v) is 10.7. The monoisotopic (exact) mass is 874 g/mol. The molecular weight excluding hydrogens is 786 g/mol. The van der Waals surface area contributed by atoms with Crippen LogP contribution in [0.2, 0.25) is 0 Å². The van der Waals surface area contributed by atoms with Crippen molar-refractivity contribution in [3.05, 3.63) is 85.1 Å². The van der Waals surface area contributed by atoms with Gasteiger partial charge in [0.2, 0.25) is 0 Å². The van der Waals surface area contributed by atoms with Gasteiger partial charge in [-0.15, -0.1) is 0 Å². The summed E-state index contributed by atoms with van der Waals surface area (Å²) in [7, 11) is -0.760. The molecule has 0 spiro atoms. The molecular formula is C51H88NO8P. The van der Waals surface area contributed by atoms with E-state index in [1.807, 2.05) is 26.2 Å². The zero-order chi connectivity index (χ0) is 44.8. The standard InChI is InChI=1S/C51H88NO8P/c1-5-7-9-11-13-15-17-19-21-23-25-27-29-31-33-35-37-39-41-43-50(53)57-47-49(48-59-61(55,56)58-46-45-52(3)4)60-51(54)44-42-40-38-36-34-32-30-28-26-24-22-20-18-16-14-12-10-8-6-2/h13-16,19-22,26,28,32,34,38,40,49H,5-12,17-18,23-25,27,29-31,33,35-37,39,41-48H2,1-4H3,(H,55,56)/b15-13-,16-14-,21-19-,22-20-,28-26-,34-32-,40-38-. The minimum Gasteiger partial charge on any atom is -0.462 e. The van der Waals surface area contributed by atoms with E-state index in [0.29, 0.717) is 13.0 Å². The summed E-state index contributed by atoms with van der Waals surface area (Å²) < 4.78 is 33.5. The van der Waals surface area contributed by atoms with E-state index >= 15 is 0 Å². The van der Waals surface area contributed by atoms with Gasteiger partial charge in [0.25, 0.3) is 0 Å². The number of unbranched alkanes of at least 4 members (excludes halogenated alkanes) is 15. The van der Waals surface area contributed by atoms with Crippen LogP contribution in [0.5, 0.6) is 0 Å². The van der Waals surface area contributed by atoms with Gasteiger partial charge in [-0.3, -0.25) is 18.6 Å². The topological polar surface area (TPSA) is 112 Å². The molecule has 0 rings (SSSR count). The molecule has 0 saturated heterocycles. The van der Waals surface area contributed by atoms with Crippen LogP contribution in [-0.2, 0) is 32.7 Å². The molecule has 0 aromatic carbocycles. The highest BCUT2D eigenvalue weighted by Gasteiger charge is 2.26. The van der Waals surface area contributed by atoms with Crippen molar-refractivity contribution in [3.63, 3.8) is 0 Å². The number of likely N-dealkylation sites (N-methyl/N-ethyl adjacent to an activating group) is 1. The maximum Gasteiger partial charge on any atom is 0.472 e. The summed E-state index contributed by atoms with van der Waals surface area (Å²) in [4.78, 5) is 37.1. The lowest BCUT2D eigenvalue weighted by Gasteiger charge is -2.20. The van der Waals surface area contributed by atoms with Crippen molar-refractivity contribution in [3.8, 4) is 0 Å². The third kappa shape index (κ3) is 46.5. The Morgan fingerprint density at radius 3 is 1.38 bits per heavy atom. The Morgan fingerprint density at radius 2 is 0.918 bits per heavy atom. The van der Waals surface area contributed by atoms with E-state index in [0.717, 1.165) is 64.2 Å². The van der Waals surface area contributed by atoms with Gasteiger partial charge in [-0.1, -0.05) is 170 Å². The number of nitrogens with zero attached hydrogens (tertiary/aromatic N) is 1. The second-order valence-electron chi connectivity index (χ2n) is 15.9. The highest BCUT2D eigenvalue weighted by Crippen LogP contribution is 2.43. The fourth-order valence-corrected chi connectivity index (χ4v) is 6.73. The van der Waals surface area contributed by atoms with Crippen molar-refractivity contribution >= 4 is 19.8 Å². The first kappa shape index (κ1) is 58.2. The number of allylic oxidation sites excluding steroid dienone is 14. The molecule has 0 aliphatic carbocycles. The van der Waals surface area contributed by atoms with E-state index in [1.54, 1.807) is 4.90 Å². The highest BCUT2D eigenvalue weighted by molar-refractivity contribution is 7.47. The zero-order valence-electron chi connectivity index (χ0n) is 39.1. The van der Waals surface area contributed by atoms with Gasteiger partial charge < -0.3 is 19.3 Å². The lowest BCUT2D eigenvalue weighted by molar-refractivity contribution is -0.161. The van der Waals surface area contributed by atoms with Crippen molar-refractivity contribution in [2.45, 2.75) is 187 Å². The maximum absolute atomic E-state index is 12.7. The maximum atomic E-state index is 12.7. The molecule has 0 heterocycles. The van der Waals surface area contributed by atoms with Crippen LogP contribution in [0.3, 0.4) is 0 Å². The average Bonchev–Trinajstić information content (AvgIpc) is 3.23. The molecule has 0 aromatic heterocycles. The van der Waals surface area contributed by atoms with Crippen LogP contribution in [0, 0.1) is 0 Å². The van der Waals surface area contributed by atoms with Crippen molar-refractivity contribution in [2.24, 2.45) is 0 Å². The molecule has 0 bridgehead atoms. The summed E-state index contributed by atoms with van der Waals surface area (Å²) in [5, 5.41) is 0. The number of carbonyl (C=O) groups is 2. The van der Waals surface area contributed by atoms with Gasteiger partial charge in [-0.2, -0.15) is 0 Å². The molecule has 0 aliphatic rings. The number of phosphoric ester groups is 1. The summed E-state index contributed by atoms with van der Waals surface area (Å²) in [5.74, 6) is -0.908. The largest absolute Gasteiger partial charge is 0.472 e. The number of hydrogen-bond donors (Lipinski definition) is 1. The predicted molar refractivity (Wildman–Crippen MR) is 256 cm³/mol. The van der Waals surface area contributed by atoms with Gasteiger partial charge >= 0.3 is 19.8 Å². The van der Waals surface area contributed by atoms with Crippen LogP contribution in [0.25, 0.3) is 0 Å². The molecule has 1 N–H and O–H groups in total. The highest BCUT2D eigenvalue weighted by atomic mass is 31.2. The van der Waals surface area contributed by atoms with E-state index in [2.05, 4.69) is 86.8 Å². The van der Waals surface area contributed by atoms with Gasteiger partial charge in [0.15, 0.2) is 6.10 Å². The summed E-state index contributed by atoms with van der Waals surface area (Å²) in [6.45, 7) is 4.17. The van der Waals surface area contributed by atoms with Crippen LogP contribution in [-0.4, -0.2) is 68.3 Å². The van der Waals surface area contributed by atoms with Gasteiger partial charge in [-0.05, 0) is 97.6 Å². The SMILES string of the molecule is CCCCC/C=C\C/C=C\C/C=C\C/C=C\C/C=C\CCC(=O)OC(COC(=O)CCCCCCCCCCC/C=C\C/C=C\CCCCC)COP(=O)(O)OCCN(C)C. The van der Waals surface area contributed by atoms with Gasteiger partial charge in [-0.25, -0.2) is 4.57 Å². The minimum atomic E-state index is -4.39. The van der Waals surface area contributed by atoms with Crippen LogP contribution in [0.15, 0.2) is 85.1 Å². The molecule has 61 heavy (non-hydrogen) atoms. The molecule has 0 aromatic rings.